The topological polar surface area (TPSA) is 78.9 Å². The number of aliphatic hydroxyl groups is 1. The summed E-state index contributed by atoms with van der Waals surface area (Å²) in [6, 6.07) is -0.555. The van der Waals surface area contributed by atoms with E-state index < -0.39 is 12.1 Å². The molecular weight excluding hydrogens is 284 g/mol. The van der Waals surface area contributed by atoms with Gasteiger partial charge in [-0.05, 0) is 18.8 Å². The standard InChI is InChI=1S/C16H28N2O4/c1-11-5-3-4-6-15(11)22-8-7-17-16(21)14-9-13(20)10-18(14)12(2)19/h11,13-15,20H,3-10H2,1-2H3,(H,17,21)/t11-,13+,14-,15-/m1/s1. The maximum absolute atomic E-state index is 12.1. The van der Waals surface area contributed by atoms with E-state index in [1.54, 1.807) is 0 Å². The van der Waals surface area contributed by atoms with E-state index in [2.05, 4.69) is 12.2 Å². The van der Waals surface area contributed by atoms with E-state index in [0.717, 1.165) is 6.42 Å². The number of likely N-dealkylation sites (tertiary alicyclic amines) is 1. The molecule has 6 heteroatoms. The normalized spacial score (nSPS) is 32.0. The van der Waals surface area contributed by atoms with Gasteiger partial charge in [0.25, 0.3) is 0 Å². The molecule has 126 valence electrons. The number of hydrogen-bond donors (Lipinski definition) is 2. The summed E-state index contributed by atoms with van der Waals surface area (Å²) in [5, 5.41) is 12.5. The Balaban J connectivity index is 1.70. The van der Waals surface area contributed by atoms with Crippen LogP contribution in [-0.2, 0) is 14.3 Å². The Morgan fingerprint density at radius 3 is 2.73 bits per heavy atom. The molecule has 1 aliphatic heterocycles. The molecule has 0 aromatic heterocycles. The van der Waals surface area contributed by atoms with E-state index in [1.165, 1.54) is 31.1 Å². The predicted octanol–water partition coefficient (Wildman–Crippen LogP) is 0.680. The van der Waals surface area contributed by atoms with Crippen LogP contribution in [0, 0.1) is 5.92 Å². The van der Waals surface area contributed by atoms with Gasteiger partial charge in [0.05, 0.1) is 18.8 Å². The Morgan fingerprint density at radius 1 is 1.32 bits per heavy atom. The van der Waals surface area contributed by atoms with Gasteiger partial charge in [-0.15, -0.1) is 0 Å². The average molecular weight is 312 g/mol. The molecule has 22 heavy (non-hydrogen) atoms. The number of amides is 2. The van der Waals surface area contributed by atoms with Crippen molar-refractivity contribution in [2.75, 3.05) is 19.7 Å². The van der Waals surface area contributed by atoms with Gasteiger partial charge in [-0.3, -0.25) is 9.59 Å². The van der Waals surface area contributed by atoms with Gasteiger partial charge >= 0.3 is 0 Å². The third-order valence-corrected chi connectivity index (χ3v) is 4.75. The number of carbonyl (C=O) groups is 2. The molecule has 1 saturated heterocycles. The zero-order chi connectivity index (χ0) is 16.1. The van der Waals surface area contributed by atoms with Gasteiger partial charge in [-0.25, -0.2) is 0 Å². The molecule has 0 radical (unpaired) electrons. The summed E-state index contributed by atoms with van der Waals surface area (Å²) < 4.78 is 5.86. The van der Waals surface area contributed by atoms with Crippen LogP contribution in [0.3, 0.4) is 0 Å². The Hall–Kier alpha value is -1.14. The van der Waals surface area contributed by atoms with Crippen molar-refractivity contribution in [3.63, 3.8) is 0 Å². The number of hydrogen-bond acceptors (Lipinski definition) is 4. The van der Waals surface area contributed by atoms with Crippen molar-refractivity contribution in [1.82, 2.24) is 10.2 Å². The first-order chi connectivity index (χ1) is 10.5. The molecule has 0 bridgehead atoms. The summed E-state index contributed by atoms with van der Waals surface area (Å²) >= 11 is 0. The fourth-order valence-corrected chi connectivity index (χ4v) is 3.44. The highest BCUT2D eigenvalue weighted by atomic mass is 16.5. The fourth-order valence-electron chi connectivity index (χ4n) is 3.44. The zero-order valence-electron chi connectivity index (χ0n) is 13.6. The van der Waals surface area contributed by atoms with Crippen molar-refractivity contribution in [2.24, 2.45) is 5.92 Å². The first-order valence-electron chi connectivity index (χ1n) is 8.33. The van der Waals surface area contributed by atoms with Gasteiger partial charge in [-0.2, -0.15) is 0 Å². The first kappa shape index (κ1) is 17.2. The lowest BCUT2D eigenvalue weighted by Gasteiger charge is -2.29. The van der Waals surface area contributed by atoms with Crippen molar-refractivity contribution >= 4 is 11.8 Å². The highest BCUT2D eigenvalue weighted by molar-refractivity contribution is 5.87. The Morgan fingerprint density at radius 2 is 2.05 bits per heavy atom. The smallest absolute Gasteiger partial charge is 0.242 e. The second-order valence-corrected chi connectivity index (χ2v) is 6.54. The van der Waals surface area contributed by atoms with Gasteiger partial charge in [0.2, 0.25) is 11.8 Å². The molecule has 1 saturated carbocycles. The molecular formula is C16H28N2O4. The van der Waals surface area contributed by atoms with Crippen LogP contribution in [0.15, 0.2) is 0 Å². The molecule has 0 unspecified atom stereocenters. The summed E-state index contributed by atoms with van der Waals surface area (Å²) in [4.78, 5) is 25.1. The molecule has 2 N–H and O–H groups in total. The van der Waals surface area contributed by atoms with E-state index in [0.29, 0.717) is 31.6 Å². The Bertz CT molecular complexity index is 402. The second-order valence-electron chi connectivity index (χ2n) is 6.54. The number of rotatable bonds is 5. The fraction of sp³-hybridized carbons (Fsp3) is 0.875. The highest BCUT2D eigenvalue weighted by Gasteiger charge is 2.37. The van der Waals surface area contributed by atoms with Gasteiger partial charge < -0.3 is 20.1 Å². The van der Waals surface area contributed by atoms with E-state index in [9.17, 15) is 14.7 Å². The van der Waals surface area contributed by atoms with Crippen molar-refractivity contribution in [1.29, 1.82) is 0 Å². The van der Waals surface area contributed by atoms with Crippen LogP contribution in [0.4, 0.5) is 0 Å². The molecule has 2 amide bonds. The summed E-state index contributed by atoms with van der Waals surface area (Å²) in [5.74, 6) is 0.207. The SMILES string of the molecule is CC(=O)N1C[C@@H](O)C[C@@H]1C(=O)NCCO[C@@H]1CCCC[C@H]1C. The third-order valence-electron chi connectivity index (χ3n) is 4.75. The molecule has 4 atom stereocenters. The number of nitrogens with zero attached hydrogens (tertiary/aromatic N) is 1. The molecule has 0 aromatic rings. The van der Waals surface area contributed by atoms with Crippen molar-refractivity contribution in [3.8, 4) is 0 Å². The van der Waals surface area contributed by atoms with Gasteiger partial charge in [0.15, 0.2) is 0 Å². The number of aliphatic hydroxyl groups excluding tert-OH is 1. The molecule has 1 heterocycles. The Labute approximate surface area is 132 Å². The first-order valence-corrected chi connectivity index (χ1v) is 8.33. The molecule has 6 nitrogen and oxygen atoms in total. The lowest BCUT2D eigenvalue weighted by molar-refractivity contribution is -0.137. The summed E-state index contributed by atoms with van der Waals surface area (Å²) in [6.07, 6.45) is 4.81. The number of carbonyl (C=O) groups excluding carboxylic acids is 2. The van der Waals surface area contributed by atoms with E-state index in [4.69, 9.17) is 4.74 Å². The van der Waals surface area contributed by atoms with Gasteiger partial charge in [0, 0.05) is 26.4 Å². The molecule has 0 spiro atoms. The van der Waals surface area contributed by atoms with Crippen molar-refractivity contribution in [2.45, 2.75) is 64.2 Å². The van der Waals surface area contributed by atoms with E-state index in [-0.39, 0.29) is 18.4 Å². The maximum Gasteiger partial charge on any atom is 0.242 e. The zero-order valence-corrected chi connectivity index (χ0v) is 13.6. The minimum atomic E-state index is -0.612. The maximum atomic E-state index is 12.1. The molecule has 2 rings (SSSR count). The molecule has 2 fully saturated rings. The highest BCUT2D eigenvalue weighted by Crippen LogP contribution is 2.26. The van der Waals surface area contributed by atoms with E-state index in [1.807, 2.05) is 0 Å². The van der Waals surface area contributed by atoms with Gasteiger partial charge in [0.1, 0.15) is 6.04 Å². The van der Waals surface area contributed by atoms with Crippen LogP contribution in [0.1, 0.15) is 46.0 Å². The summed E-state index contributed by atoms with van der Waals surface area (Å²) in [7, 11) is 0. The molecule has 1 aliphatic carbocycles. The predicted molar refractivity (Wildman–Crippen MR) is 82.2 cm³/mol. The number of β-amino-alcohol motifs (C(OH)–C–C–N with tert-alkyl or cyclic N) is 1. The summed E-state index contributed by atoms with van der Waals surface area (Å²) in [6.45, 7) is 4.82. The quantitative estimate of drug-likeness (QED) is 0.732. The second kappa shape index (κ2) is 7.92. The average Bonchev–Trinajstić information content (AvgIpc) is 2.87. The molecule has 2 aliphatic rings. The molecule has 0 aromatic carbocycles. The van der Waals surface area contributed by atoms with Crippen LogP contribution in [-0.4, -0.2) is 59.8 Å². The van der Waals surface area contributed by atoms with Crippen molar-refractivity contribution in [3.05, 3.63) is 0 Å². The monoisotopic (exact) mass is 312 g/mol. The largest absolute Gasteiger partial charge is 0.391 e. The van der Waals surface area contributed by atoms with Crippen LogP contribution in [0.5, 0.6) is 0 Å². The van der Waals surface area contributed by atoms with Crippen molar-refractivity contribution < 1.29 is 19.4 Å². The van der Waals surface area contributed by atoms with Crippen LogP contribution < -0.4 is 5.32 Å². The van der Waals surface area contributed by atoms with E-state index >= 15 is 0 Å². The summed E-state index contributed by atoms with van der Waals surface area (Å²) in [5.41, 5.74) is 0. The number of nitrogens with one attached hydrogen (secondary N) is 1. The van der Waals surface area contributed by atoms with Crippen LogP contribution in [0.25, 0.3) is 0 Å². The van der Waals surface area contributed by atoms with Crippen LogP contribution in [0.2, 0.25) is 0 Å². The lowest BCUT2D eigenvalue weighted by atomic mass is 9.88. The minimum absolute atomic E-state index is 0.177. The lowest BCUT2D eigenvalue weighted by Crippen LogP contribution is -2.46. The Kier molecular flexibility index (Phi) is 6.20. The van der Waals surface area contributed by atoms with Crippen LogP contribution >= 0.6 is 0 Å². The van der Waals surface area contributed by atoms with Gasteiger partial charge in [-0.1, -0.05) is 19.8 Å². The number of ether oxygens (including phenoxy) is 1. The minimum Gasteiger partial charge on any atom is -0.391 e. The third kappa shape index (κ3) is 4.43.